The number of benzene rings is 1. The molecule has 0 fully saturated rings. The summed E-state index contributed by atoms with van der Waals surface area (Å²) < 4.78 is 5.91. The Morgan fingerprint density at radius 2 is 2.11 bits per heavy atom. The molecule has 2 rings (SSSR count). The number of unbranched alkanes of at least 4 members (excludes halogenated alkanes) is 2. The van der Waals surface area contributed by atoms with E-state index in [-0.39, 0.29) is 0 Å². The maximum atomic E-state index is 5.91. The number of ether oxygens (including phenoxy) is 1. The quantitative estimate of drug-likeness (QED) is 0.647. The summed E-state index contributed by atoms with van der Waals surface area (Å²) in [7, 11) is 0. The minimum atomic E-state index is 0.323. The molecule has 1 aromatic heterocycles. The molecule has 0 aliphatic carbocycles. The van der Waals surface area contributed by atoms with E-state index in [0.29, 0.717) is 17.2 Å². The van der Waals surface area contributed by atoms with Crippen molar-refractivity contribution in [3.05, 3.63) is 36.0 Å². The van der Waals surface area contributed by atoms with Crippen molar-refractivity contribution in [2.24, 2.45) is 5.73 Å². The van der Waals surface area contributed by atoms with Gasteiger partial charge in [0, 0.05) is 11.6 Å². The van der Waals surface area contributed by atoms with Crippen LogP contribution in [0.15, 0.2) is 30.5 Å². The van der Waals surface area contributed by atoms with E-state index < -0.39 is 0 Å². The van der Waals surface area contributed by atoms with Gasteiger partial charge in [0.05, 0.1) is 17.7 Å². The SMILES string of the molecule is CCCCCOc1c(C(N)=S)cnc2ccccc12. The molecule has 19 heavy (non-hydrogen) atoms. The first-order valence-corrected chi connectivity index (χ1v) is 6.95. The highest BCUT2D eigenvalue weighted by molar-refractivity contribution is 7.80. The summed E-state index contributed by atoms with van der Waals surface area (Å²) in [6.45, 7) is 2.85. The number of thiocarbonyl (C=S) groups is 1. The highest BCUT2D eigenvalue weighted by Gasteiger charge is 2.11. The normalized spacial score (nSPS) is 10.6. The maximum Gasteiger partial charge on any atom is 0.140 e. The Bertz CT molecular complexity index is 583. The first-order chi connectivity index (χ1) is 9.24. The van der Waals surface area contributed by atoms with Crippen molar-refractivity contribution in [2.75, 3.05) is 6.61 Å². The van der Waals surface area contributed by atoms with Crippen molar-refractivity contribution in [3.63, 3.8) is 0 Å². The molecule has 1 heterocycles. The van der Waals surface area contributed by atoms with Crippen LogP contribution in [-0.2, 0) is 0 Å². The lowest BCUT2D eigenvalue weighted by Crippen LogP contribution is -2.13. The third-order valence-corrected chi connectivity index (χ3v) is 3.21. The van der Waals surface area contributed by atoms with Gasteiger partial charge in [-0.1, -0.05) is 44.1 Å². The summed E-state index contributed by atoms with van der Waals surface area (Å²) in [5, 5.41) is 0.962. The highest BCUT2D eigenvalue weighted by Crippen LogP contribution is 2.28. The number of rotatable bonds is 6. The zero-order valence-corrected chi connectivity index (χ0v) is 11.9. The molecule has 0 amide bonds. The Hall–Kier alpha value is -1.68. The van der Waals surface area contributed by atoms with Gasteiger partial charge in [-0.3, -0.25) is 4.98 Å². The molecule has 0 aliphatic heterocycles. The Kier molecular flexibility index (Phi) is 4.68. The second-order valence-electron chi connectivity index (χ2n) is 4.44. The molecule has 4 heteroatoms. The Labute approximate surface area is 118 Å². The van der Waals surface area contributed by atoms with E-state index >= 15 is 0 Å². The predicted molar refractivity (Wildman–Crippen MR) is 82.7 cm³/mol. The van der Waals surface area contributed by atoms with Gasteiger partial charge in [0.1, 0.15) is 10.7 Å². The molecule has 0 unspecified atom stereocenters. The van der Waals surface area contributed by atoms with Gasteiger partial charge in [0.25, 0.3) is 0 Å². The van der Waals surface area contributed by atoms with E-state index in [1.165, 1.54) is 6.42 Å². The lowest BCUT2D eigenvalue weighted by atomic mass is 10.1. The molecular weight excluding hydrogens is 256 g/mol. The standard InChI is InChI=1S/C15H18N2OS/c1-2-3-6-9-18-14-11-7-4-5-8-13(11)17-10-12(14)15(16)19/h4-5,7-8,10H,2-3,6,9H2,1H3,(H2,16,19). The number of pyridine rings is 1. The average Bonchev–Trinajstić information content (AvgIpc) is 2.43. The number of nitrogens with two attached hydrogens (primary N) is 1. The first-order valence-electron chi connectivity index (χ1n) is 6.54. The summed E-state index contributed by atoms with van der Waals surface area (Å²) >= 11 is 5.07. The molecule has 0 bridgehead atoms. The molecule has 2 aromatic rings. The van der Waals surface area contributed by atoms with Crippen LogP contribution in [0.4, 0.5) is 0 Å². The molecule has 0 atom stereocenters. The monoisotopic (exact) mass is 274 g/mol. The summed E-state index contributed by atoms with van der Waals surface area (Å²) in [5.74, 6) is 0.759. The number of hydrogen-bond donors (Lipinski definition) is 1. The average molecular weight is 274 g/mol. The number of aromatic nitrogens is 1. The number of hydrogen-bond acceptors (Lipinski definition) is 3. The molecule has 0 saturated carbocycles. The van der Waals surface area contributed by atoms with Crippen molar-refractivity contribution in [2.45, 2.75) is 26.2 Å². The Morgan fingerprint density at radius 3 is 2.84 bits per heavy atom. The van der Waals surface area contributed by atoms with Gasteiger partial charge in [-0.15, -0.1) is 0 Å². The third-order valence-electron chi connectivity index (χ3n) is 2.99. The van der Waals surface area contributed by atoms with Gasteiger partial charge in [-0.05, 0) is 18.6 Å². The van der Waals surface area contributed by atoms with Gasteiger partial charge in [0.2, 0.25) is 0 Å². The van der Waals surface area contributed by atoms with E-state index in [9.17, 15) is 0 Å². The van der Waals surface area contributed by atoms with Crippen molar-refractivity contribution in [1.29, 1.82) is 0 Å². The Balaban J connectivity index is 2.35. The van der Waals surface area contributed by atoms with Gasteiger partial charge in [0.15, 0.2) is 0 Å². The van der Waals surface area contributed by atoms with Crippen LogP contribution in [0.1, 0.15) is 31.7 Å². The predicted octanol–water partition coefficient (Wildman–Crippen LogP) is 3.44. The zero-order valence-electron chi connectivity index (χ0n) is 11.1. The van der Waals surface area contributed by atoms with E-state index in [4.69, 9.17) is 22.7 Å². The number of nitrogens with zero attached hydrogens (tertiary/aromatic N) is 1. The number of fused-ring (bicyclic) bond motifs is 1. The molecule has 3 nitrogen and oxygen atoms in total. The first kappa shape index (κ1) is 13.7. The molecule has 1 aromatic carbocycles. The second-order valence-corrected chi connectivity index (χ2v) is 4.88. The fourth-order valence-electron chi connectivity index (χ4n) is 1.97. The van der Waals surface area contributed by atoms with Gasteiger partial charge in [-0.25, -0.2) is 0 Å². The van der Waals surface area contributed by atoms with Crippen molar-refractivity contribution in [1.82, 2.24) is 4.98 Å². The van der Waals surface area contributed by atoms with Gasteiger partial charge >= 0.3 is 0 Å². The van der Waals surface area contributed by atoms with Gasteiger partial charge in [-0.2, -0.15) is 0 Å². The van der Waals surface area contributed by atoms with Crippen LogP contribution >= 0.6 is 12.2 Å². The smallest absolute Gasteiger partial charge is 0.140 e. The Morgan fingerprint density at radius 1 is 1.32 bits per heavy atom. The van der Waals surface area contributed by atoms with Crippen LogP contribution in [0.2, 0.25) is 0 Å². The highest BCUT2D eigenvalue weighted by atomic mass is 32.1. The van der Waals surface area contributed by atoms with Crippen LogP contribution < -0.4 is 10.5 Å². The lowest BCUT2D eigenvalue weighted by Gasteiger charge is -2.13. The van der Waals surface area contributed by atoms with Crippen LogP contribution in [0.5, 0.6) is 5.75 Å². The fourth-order valence-corrected chi connectivity index (χ4v) is 2.12. The topological polar surface area (TPSA) is 48.1 Å². The zero-order chi connectivity index (χ0) is 13.7. The van der Waals surface area contributed by atoms with E-state index in [1.807, 2.05) is 24.3 Å². The molecule has 0 saturated heterocycles. The van der Waals surface area contributed by atoms with Crippen LogP contribution in [0.3, 0.4) is 0 Å². The largest absolute Gasteiger partial charge is 0.492 e. The number of para-hydroxylation sites is 1. The minimum absolute atomic E-state index is 0.323. The van der Waals surface area contributed by atoms with E-state index in [0.717, 1.165) is 29.5 Å². The molecule has 0 aliphatic rings. The second kappa shape index (κ2) is 6.48. The molecule has 0 spiro atoms. The summed E-state index contributed by atoms with van der Waals surface area (Å²) in [6.07, 6.45) is 5.05. The van der Waals surface area contributed by atoms with Crippen molar-refractivity contribution >= 4 is 28.1 Å². The maximum absolute atomic E-state index is 5.91. The van der Waals surface area contributed by atoms with Crippen molar-refractivity contribution in [3.8, 4) is 5.75 Å². The van der Waals surface area contributed by atoms with Crippen molar-refractivity contribution < 1.29 is 4.74 Å². The minimum Gasteiger partial charge on any atom is -0.492 e. The fraction of sp³-hybridized carbons (Fsp3) is 0.333. The van der Waals surface area contributed by atoms with E-state index in [1.54, 1.807) is 6.20 Å². The van der Waals surface area contributed by atoms with Crippen LogP contribution in [-0.4, -0.2) is 16.6 Å². The summed E-state index contributed by atoms with van der Waals surface area (Å²) in [6, 6.07) is 7.86. The third kappa shape index (κ3) is 3.20. The molecular formula is C15H18N2OS. The van der Waals surface area contributed by atoms with Crippen LogP contribution in [0, 0.1) is 0 Å². The lowest BCUT2D eigenvalue weighted by molar-refractivity contribution is 0.309. The van der Waals surface area contributed by atoms with E-state index in [2.05, 4.69) is 11.9 Å². The van der Waals surface area contributed by atoms with Gasteiger partial charge < -0.3 is 10.5 Å². The molecule has 100 valence electrons. The summed E-state index contributed by atoms with van der Waals surface area (Å²) in [5.41, 5.74) is 7.36. The summed E-state index contributed by atoms with van der Waals surface area (Å²) in [4.78, 5) is 4.68. The van der Waals surface area contributed by atoms with Crippen LogP contribution in [0.25, 0.3) is 10.9 Å². The molecule has 2 N–H and O–H groups in total. The molecule has 0 radical (unpaired) electrons.